The minimum atomic E-state index is -3.63. The van der Waals surface area contributed by atoms with Crippen LogP contribution in [0.15, 0.2) is 28.3 Å². The van der Waals surface area contributed by atoms with E-state index in [2.05, 4.69) is 5.16 Å². The predicted octanol–water partition coefficient (Wildman–Crippen LogP) is 0.670. The average Bonchev–Trinajstić information content (AvgIpc) is 2.28. The van der Waals surface area contributed by atoms with Gasteiger partial charge in [-0.15, -0.1) is 0 Å². The lowest BCUT2D eigenvalue weighted by molar-refractivity contribution is 0.315. The summed E-state index contributed by atoms with van der Waals surface area (Å²) in [6.45, 7) is 3.47. The Morgan fingerprint density at radius 2 is 2.06 bits per heavy atom. The minimum absolute atomic E-state index is 0.161. The summed E-state index contributed by atoms with van der Waals surface area (Å²) in [7, 11) is -2.25. The highest BCUT2D eigenvalue weighted by Crippen LogP contribution is 2.19. The maximum atomic E-state index is 12.2. The first kappa shape index (κ1) is 14.5. The Morgan fingerprint density at radius 3 is 2.56 bits per heavy atom. The summed E-state index contributed by atoms with van der Waals surface area (Å²) < 4.78 is 25.5. The van der Waals surface area contributed by atoms with Crippen molar-refractivity contribution < 1.29 is 13.6 Å². The maximum absolute atomic E-state index is 12.2. The van der Waals surface area contributed by atoms with Crippen molar-refractivity contribution in [1.29, 1.82) is 0 Å². The largest absolute Gasteiger partial charge is 0.409 e. The fourth-order valence-electron chi connectivity index (χ4n) is 1.60. The molecule has 0 unspecified atom stereocenters. The second-order valence-electron chi connectivity index (χ2n) is 4.12. The number of amidine groups is 1. The predicted molar refractivity (Wildman–Crippen MR) is 69.1 cm³/mol. The third-order valence-corrected chi connectivity index (χ3v) is 4.50. The van der Waals surface area contributed by atoms with Crippen LogP contribution in [0.25, 0.3) is 0 Å². The maximum Gasteiger partial charge on any atom is 0.243 e. The lowest BCUT2D eigenvalue weighted by atomic mass is 10.2. The van der Waals surface area contributed by atoms with Gasteiger partial charge in [0.1, 0.15) is 0 Å². The molecule has 0 saturated heterocycles. The first-order chi connectivity index (χ1) is 8.28. The minimum Gasteiger partial charge on any atom is -0.409 e. The number of hydrogen-bond donors (Lipinski definition) is 2. The molecule has 3 N–H and O–H groups in total. The molecule has 6 nitrogen and oxygen atoms in total. The topological polar surface area (TPSA) is 96.0 Å². The number of nitrogens with two attached hydrogens (primary N) is 1. The van der Waals surface area contributed by atoms with Gasteiger partial charge >= 0.3 is 0 Å². The normalized spacial score (nSPS) is 13.0. The van der Waals surface area contributed by atoms with E-state index in [1.54, 1.807) is 25.1 Å². The van der Waals surface area contributed by atoms with Crippen LogP contribution in [-0.2, 0) is 10.0 Å². The van der Waals surface area contributed by atoms with Crippen molar-refractivity contribution in [2.24, 2.45) is 10.9 Å². The average molecular weight is 271 g/mol. The van der Waals surface area contributed by atoms with Crippen LogP contribution in [0, 0.1) is 13.8 Å². The summed E-state index contributed by atoms with van der Waals surface area (Å²) in [5.41, 5.74) is 6.96. The number of oxime groups is 1. The van der Waals surface area contributed by atoms with Crippen molar-refractivity contribution in [1.82, 2.24) is 4.31 Å². The van der Waals surface area contributed by atoms with E-state index < -0.39 is 10.0 Å². The molecule has 100 valence electrons. The van der Waals surface area contributed by atoms with Crippen LogP contribution >= 0.6 is 0 Å². The number of rotatable bonds is 4. The molecular weight excluding hydrogens is 254 g/mol. The van der Waals surface area contributed by atoms with E-state index in [0.29, 0.717) is 5.56 Å². The Morgan fingerprint density at radius 1 is 1.44 bits per heavy atom. The molecule has 0 aliphatic rings. The quantitative estimate of drug-likeness (QED) is 0.364. The Balaban J connectivity index is 3.13. The third-order valence-electron chi connectivity index (χ3n) is 2.53. The highest BCUT2D eigenvalue weighted by atomic mass is 32.2. The molecule has 1 aromatic rings. The van der Waals surface area contributed by atoms with E-state index >= 15 is 0 Å². The van der Waals surface area contributed by atoms with Gasteiger partial charge in [0.15, 0.2) is 5.84 Å². The molecule has 0 aliphatic carbocycles. The molecule has 18 heavy (non-hydrogen) atoms. The molecular formula is C11H17N3O3S. The lowest BCUT2D eigenvalue weighted by Gasteiger charge is -2.17. The zero-order valence-electron chi connectivity index (χ0n) is 10.6. The fourth-order valence-corrected chi connectivity index (χ4v) is 2.95. The van der Waals surface area contributed by atoms with E-state index in [0.717, 1.165) is 9.87 Å². The second-order valence-corrected chi connectivity index (χ2v) is 6.13. The molecule has 7 heteroatoms. The number of likely N-dealkylation sites (N-methyl/N-ethyl adjacent to an activating group) is 1. The summed E-state index contributed by atoms with van der Waals surface area (Å²) >= 11 is 0. The van der Waals surface area contributed by atoms with Gasteiger partial charge < -0.3 is 10.9 Å². The first-order valence-corrected chi connectivity index (χ1v) is 6.73. The Labute approximate surface area is 107 Å². The molecule has 0 bridgehead atoms. The molecule has 0 atom stereocenters. The number of sulfonamides is 1. The molecule has 0 saturated carbocycles. The molecule has 1 aromatic carbocycles. The van der Waals surface area contributed by atoms with E-state index in [1.807, 2.05) is 6.92 Å². The van der Waals surface area contributed by atoms with Crippen LogP contribution in [-0.4, -0.2) is 37.4 Å². The van der Waals surface area contributed by atoms with Crippen molar-refractivity contribution in [2.45, 2.75) is 18.7 Å². The van der Waals surface area contributed by atoms with E-state index in [4.69, 9.17) is 10.9 Å². The highest BCUT2D eigenvalue weighted by molar-refractivity contribution is 7.89. The number of nitrogens with zero attached hydrogens (tertiary/aromatic N) is 2. The number of benzene rings is 1. The highest BCUT2D eigenvalue weighted by Gasteiger charge is 2.23. The van der Waals surface area contributed by atoms with Crippen molar-refractivity contribution in [2.75, 3.05) is 13.6 Å². The molecule has 0 spiro atoms. The van der Waals surface area contributed by atoms with Crippen LogP contribution in [0.5, 0.6) is 0 Å². The fraction of sp³-hybridized carbons (Fsp3) is 0.364. The first-order valence-electron chi connectivity index (χ1n) is 5.29. The van der Waals surface area contributed by atoms with Crippen molar-refractivity contribution in [3.8, 4) is 0 Å². The summed E-state index contributed by atoms with van der Waals surface area (Å²) in [5, 5.41) is 11.2. The van der Waals surface area contributed by atoms with Crippen molar-refractivity contribution in [3.63, 3.8) is 0 Å². The van der Waals surface area contributed by atoms with Gasteiger partial charge in [0, 0.05) is 7.05 Å². The second kappa shape index (κ2) is 5.36. The molecule has 0 aromatic heterocycles. The van der Waals surface area contributed by atoms with Gasteiger partial charge in [-0.1, -0.05) is 22.9 Å². The van der Waals surface area contributed by atoms with Gasteiger partial charge in [-0.3, -0.25) is 0 Å². The lowest BCUT2D eigenvalue weighted by Crippen LogP contribution is -2.35. The summed E-state index contributed by atoms with van der Waals surface area (Å²) in [4.78, 5) is 0.223. The van der Waals surface area contributed by atoms with E-state index in [-0.39, 0.29) is 17.3 Å². The van der Waals surface area contributed by atoms with Crippen LogP contribution in [0.2, 0.25) is 0 Å². The van der Waals surface area contributed by atoms with Gasteiger partial charge in [0.05, 0.1) is 11.4 Å². The molecule has 0 radical (unpaired) electrons. The van der Waals surface area contributed by atoms with Gasteiger partial charge in [0.2, 0.25) is 10.0 Å². The SMILES string of the molecule is Cc1ccc(S(=O)(=O)N(C)CC(N)=NO)c(C)c1. The molecule has 1 rings (SSSR count). The van der Waals surface area contributed by atoms with Crippen LogP contribution in [0.1, 0.15) is 11.1 Å². The van der Waals surface area contributed by atoms with E-state index in [9.17, 15) is 8.42 Å². The molecule has 0 aliphatic heterocycles. The Kier molecular flexibility index (Phi) is 4.31. The smallest absolute Gasteiger partial charge is 0.243 e. The van der Waals surface area contributed by atoms with Gasteiger partial charge in [-0.05, 0) is 25.5 Å². The van der Waals surface area contributed by atoms with Gasteiger partial charge in [-0.25, -0.2) is 8.42 Å². The van der Waals surface area contributed by atoms with Gasteiger partial charge in [0.25, 0.3) is 0 Å². The summed E-state index contributed by atoms with van der Waals surface area (Å²) in [6.07, 6.45) is 0. The Hall–Kier alpha value is -1.60. The summed E-state index contributed by atoms with van der Waals surface area (Å²) in [5.74, 6) is -0.161. The zero-order valence-corrected chi connectivity index (χ0v) is 11.4. The third kappa shape index (κ3) is 2.99. The molecule has 0 heterocycles. The number of hydrogen-bond acceptors (Lipinski definition) is 4. The van der Waals surface area contributed by atoms with E-state index in [1.165, 1.54) is 7.05 Å². The molecule has 0 amide bonds. The van der Waals surface area contributed by atoms with Crippen LogP contribution in [0.4, 0.5) is 0 Å². The van der Waals surface area contributed by atoms with Crippen molar-refractivity contribution in [3.05, 3.63) is 29.3 Å². The monoisotopic (exact) mass is 271 g/mol. The van der Waals surface area contributed by atoms with Crippen LogP contribution < -0.4 is 5.73 Å². The summed E-state index contributed by atoms with van der Waals surface area (Å²) in [6, 6.07) is 5.09. The standard InChI is InChI=1S/C11H17N3O3S/c1-8-4-5-10(9(2)6-8)18(16,17)14(3)7-11(12)13-15/h4-6,15H,7H2,1-3H3,(H2,12,13). The van der Waals surface area contributed by atoms with Crippen molar-refractivity contribution >= 4 is 15.9 Å². The van der Waals surface area contributed by atoms with Crippen LogP contribution in [0.3, 0.4) is 0 Å². The van der Waals surface area contributed by atoms with Gasteiger partial charge in [-0.2, -0.15) is 4.31 Å². The number of aryl methyl sites for hydroxylation is 2. The molecule has 0 fully saturated rings. The Bertz CT molecular complexity index is 567. The zero-order chi connectivity index (χ0) is 13.9.